The van der Waals surface area contributed by atoms with Crippen LogP contribution in [0.3, 0.4) is 0 Å². The molecular weight excluding hydrogens is 488 g/mol. The van der Waals surface area contributed by atoms with Crippen LogP contribution >= 0.6 is 46.5 Å². The van der Waals surface area contributed by atoms with Crippen molar-refractivity contribution in [1.29, 1.82) is 0 Å². The van der Waals surface area contributed by atoms with E-state index in [0.29, 0.717) is 14.9 Å². The maximum atomic E-state index is 12.3. The minimum atomic E-state index is -0.668. The van der Waals surface area contributed by atoms with Crippen LogP contribution in [0.2, 0.25) is 5.02 Å². The van der Waals surface area contributed by atoms with Gasteiger partial charge in [0, 0.05) is 10.8 Å². The Morgan fingerprint density at radius 1 is 1.12 bits per heavy atom. The summed E-state index contributed by atoms with van der Waals surface area (Å²) in [4.78, 5) is 19.8. The van der Waals surface area contributed by atoms with E-state index in [-0.39, 0.29) is 22.9 Å². The van der Waals surface area contributed by atoms with Crippen molar-refractivity contribution in [3.05, 3.63) is 70.7 Å². The van der Waals surface area contributed by atoms with Gasteiger partial charge in [-0.05, 0) is 29.8 Å². The van der Waals surface area contributed by atoms with Crippen LogP contribution in [0.25, 0.3) is 16.6 Å². The van der Waals surface area contributed by atoms with Gasteiger partial charge in [-0.3, -0.25) is 0 Å². The number of hydrogen-bond donors (Lipinski definition) is 2. The summed E-state index contributed by atoms with van der Waals surface area (Å²) in [5, 5.41) is 19.7. The number of aliphatic hydroxyl groups is 1. The molecule has 0 aliphatic heterocycles. The predicted molar refractivity (Wildman–Crippen MR) is 129 cm³/mol. The van der Waals surface area contributed by atoms with E-state index in [9.17, 15) is 9.90 Å². The zero-order valence-electron chi connectivity index (χ0n) is 16.7. The summed E-state index contributed by atoms with van der Waals surface area (Å²) in [6.07, 6.45) is 0. The quantitative estimate of drug-likeness (QED) is 0.138. The zero-order valence-corrected chi connectivity index (χ0v) is 19.9. The number of benzene rings is 2. The van der Waals surface area contributed by atoms with Gasteiger partial charge in [0.15, 0.2) is 8.68 Å². The van der Waals surface area contributed by atoms with Crippen molar-refractivity contribution in [3.8, 4) is 0 Å². The van der Waals surface area contributed by atoms with Crippen LogP contribution in [0, 0.1) is 0 Å². The molecule has 164 valence electrons. The smallest absolute Gasteiger partial charge is 0.345 e. The lowest BCUT2D eigenvalue weighted by molar-refractivity contribution is -0.133. The molecule has 0 unspecified atom stereocenters. The third-order valence-corrected chi connectivity index (χ3v) is 7.82. The number of nitrogens with one attached hydrogen (secondary N) is 1. The Bertz CT molecular complexity index is 1240. The Labute approximate surface area is 201 Å². The molecule has 2 aromatic heterocycles. The molecule has 0 radical (unpaired) electrons. The van der Waals surface area contributed by atoms with Gasteiger partial charge in [0.2, 0.25) is 0 Å². The fraction of sp³-hybridized carbons (Fsp3) is 0.143. The highest BCUT2D eigenvalue weighted by atomic mass is 35.5. The van der Waals surface area contributed by atoms with Crippen molar-refractivity contribution < 1.29 is 14.6 Å². The standard InChI is InChI=1S/C21H17ClN4O3S3/c1-29-19(28)17(18-23-14-4-2-3-5-15(14)24-18)16(27)11-31-21-26-25-20(32-21)30-10-12-6-8-13(22)9-7-12/h2-9,27H,10-11H2,1H3,(H,23,24)/b17-16+. The van der Waals surface area contributed by atoms with Crippen molar-refractivity contribution in [2.75, 3.05) is 12.9 Å². The van der Waals surface area contributed by atoms with E-state index in [1.807, 2.05) is 48.5 Å². The topological polar surface area (TPSA) is 101 Å². The number of aliphatic hydroxyl groups excluding tert-OH is 1. The Balaban J connectivity index is 1.45. The number of ether oxygens (including phenoxy) is 1. The molecule has 0 bridgehead atoms. The van der Waals surface area contributed by atoms with Crippen molar-refractivity contribution in [1.82, 2.24) is 20.2 Å². The van der Waals surface area contributed by atoms with Gasteiger partial charge >= 0.3 is 5.97 Å². The Morgan fingerprint density at radius 3 is 2.56 bits per heavy atom. The largest absolute Gasteiger partial charge is 0.510 e. The lowest BCUT2D eigenvalue weighted by Crippen LogP contribution is -2.09. The number of methoxy groups -OCH3 is 1. The average molecular weight is 505 g/mol. The van der Waals surface area contributed by atoms with E-state index in [1.54, 1.807) is 11.8 Å². The molecule has 7 nitrogen and oxygen atoms in total. The van der Waals surface area contributed by atoms with Crippen molar-refractivity contribution in [3.63, 3.8) is 0 Å². The highest BCUT2D eigenvalue weighted by Gasteiger charge is 2.22. The molecule has 0 spiro atoms. The molecule has 2 aromatic carbocycles. The van der Waals surface area contributed by atoms with Crippen LogP contribution in [0.1, 0.15) is 11.4 Å². The number of nitrogens with zero attached hydrogens (tertiary/aromatic N) is 3. The molecule has 4 aromatic rings. The number of H-pyrrole nitrogens is 1. The SMILES string of the molecule is COC(=O)/C(=C(/O)CSc1nnc(SCc2ccc(Cl)cc2)s1)c1nc2ccccc2[nH]1. The van der Waals surface area contributed by atoms with Gasteiger partial charge in [-0.2, -0.15) is 0 Å². The van der Waals surface area contributed by atoms with E-state index in [0.717, 1.165) is 21.2 Å². The van der Waals surface area contributed by atoms with Crippen molar-refractivity contribution in [2.24, 2.45) is 0 Å². The summed E-state index contributed by atoms with van der Waals surface area (Å²) < 4.78 is 6.36. The fourth-order valence-electron chi connectivity index (χ4n) is 2.77. The normalized spacial score (nSPS) is 12.1. The first-order valence-electron chi connectivity index (χ1n) is 9.32. The molecule has 11 heteroatoms. The van der Waals surface area contributed by atoms with E-state index in [2.05, 4.69) is 20.2 Å². The number of hydrogen-bond acceptors (Lipinski definition) is 9. The summed E-state index contributed by atoms with van der Waals surface area (Å²) in [5.74, 6) is 0.315. The van der Waals surface area contributed by atoms with Gasteiger partial charge < -0.3 is 14.8 Å². The van der Waals surface area contributed by atoms with Gasteiger partial charge in [0.05, 0.1) is 23.9 Å². The third-order valence-electron chi connectivity index (χ3n) is 4.30. The van der Waals surface area contributed by atoms with Gasteiger partial charge in [-0.1, -0.05) is 70.7 Å². The summed E-state index contributed by atoms with van der Waals surface area (Å²) >= 11 is 10.2. The number of fused-ring (bicyclic) bond motifs is 1. The molecule has 0 aliphatic rings. The van der Waals surface area contributed by atoms with E-state index in [4.69, 9.17) is 16.3 Å². The summed E-state index contributed by atoms with van der Waals surface area (Å²) in [5.41, 5.74) is 2.59. The zero-order chi connectivity index (χ0) is 22.5. The molecule has 0 amide bonds. The van der Waals surface area contributed by atoms with E-state index < -0.39 is 5.97 Å². The molecule has 2 heterocycles. The van der Waals surface area contributed by atoms with Crippen LogP contribution in [0.5, 0.6) is 0 Å². The maximum Gasteiger partial charge on any atom is 0.345 e. The number of rotatable bonds is 8. The third kappa shape index (κ3) is 5.44. The monoisotopic (exact) mass is 504 g/mol. The number of thioether (sulfide) groups is 2. The van der Waals surface area contributed by atoms with E-state index in [1.165, 1.54) is 30.2 Å². The van der Waals surface area contributed by atoms with Gasteiger partial charge in [-0.25, -0.2) is 9.78 Å². The van der Waals surface area contributed by atoms with E-state index >= 15 is 0 Å². The van der Waals surface area contributed by atoms with Crippen LogP contribution < -0.4 is 0 Å². The first-order chi connectivity index (χ1) is 15.5. The van der Waals surface area contributed by atoms with Crippen molar-refractivity contribution in [2.45, 2.75) is 14.4 Å². The maximum absolute atomic E-state index is 12.3. The highest BCUT2D eigenvalue weighted by Crippen LogP contribution is 2.32. The summed E-state index contributed by atoms with van der Waals surface area (Å²) in [6, 6.07) is 15.0. The second kappa shape index (κ2) is 10.4. The average Bonchev–Trinajstić information content (AvgIpc) is 3.44. The van der Waals surface area contributed by atoms with Gasteiger partial charge in [-0.15, -0.1) is 10.2 Å². The molecular formula is C21H17ClN4O3S3. The van der Waals surface area contributed by atoms with Crippen LogP contribution in [-0.4, -0.2) is 44.1 Å². The number of carbonyl (C=O) groups is 1. The minimum absolute atomic E-state index is 0.00180. The van der Waals surface area contributed by atoms with Crippen molar-refractivity contribution >= 4 is 69.0 Å². The summed E-state index contributed by atoms with van der Waals surface area (Å²) in [6.45, 7) is 0. The fourth-order valence-corrected chi connectivity index (χ4v) is 5.75. The Morgan fingerprint density at radius 2 is 1.84 bits per heavy atom. The number of halogens is 1. The molecule has 0 atom stereocenters. The Kier molecular flexibility index (Phi) is 7.36. The first-order valence-corrected chi connectivity index (χ1v) is 12.5. The number of carbonyl (C=O) groups excluding carboxylic acids is 1. The number of esters is 1. The summed E-state index contributed by atoms with van der Waals surface area (Å²) in [7, 11) is 1.26. The number of aromatic amines is 1. The second-order valence-electron chi connectivity index (χ2n) is 6.45. The predicted octanol–water partition coefficient (Wildman–Crippen LogP) is 5.59. The molecule has 0 saturated heterocycles. The Hall–Kier alpha value is -2.53. The van der Waals surface area contributed by atoms with Gasteiger partial charge in [0.25, 0.3) is 0 Å². The van der Waals surface area contributed by atoms with Crippen LogP contribution in [0.4, 0.5) is 0 Å². The minimum Gasteiger partial charge on any atom is -0.510 e. The highest BCUT2D eigenvalue weighted by molar-refractivity contribution is 8.03. The molecule has 2 N–H and O–H groups in total. The van der Waals surface area contributed by atoms with Gasteiger partial charge in [0.1, 0.15) is 17.2 Å². The molecule has 32 heavy (non-hydrogen) atoms. The molecule has 0 fully saturated rings. The van der Waals surface area contributed by atoms with Crippen LogP contribution in [0.15, 0.2) is 63.0 Å². The number of aromatic nitrogens is 4. The lowest BCUT2D eigenvalue weighted by atomic mass is 10.2. The molecule has 4 rings (SSSR count). The second-order valence-corrected chi connectivity index (χ2v) is 10.3. The first kappa shape index (κ1) is 22.7. The molecule has 0 saturated carbocycles. The number of para-hydroxylation sites is 2. The lowest BCUT2D eigenvalue weighted by Gasteiger charge is -2.06. The number of imidazole rings is 1. The molecule has 0 aliphatic carbocycles. The van der Waals surface area contributed by atoms with Crippen LogP contribution in [-0.2, 0) is 15.3 Å².